The van der Waals surface area contributed by atoms with Crippen molar-refractivity contribution >= 4 is 21.3 Å². The van der Waals surface area contributed by atoms with Gasteiger partial charge in [-0.2, -0.15) is 0 Å². The van der Waals surface area contributed by atoms with Crippen LogP contribution < -0.4 is 5.32 Å². The van der Waals surface area contributed by atoms with Gasteiger partial charge in [-0.15, -0.1) is 0 Å². The molecule has 0 aliphatic heterocycles. The van der Waals surface area contributed by atoms with Crippen molar-refractivity contribution in [2.75, 3.05) is 23.9 Å². The summed E-state index contributed by atoms with van der Waals surface area (Å²) in [7, 11) is -3.05. The smallest absolute Gasteiger partial charge is 0.311 e. The van der Waals surface area contributed by atoms with E-state index in [1.807, 2.05) is 0 Å². The van der Waals surface area contributed by atoms with Gasteiger partial charge >= 0.3 is 5.69 Å². The van der Waals surface area contributed by atoms with E-state index in [2.05, 4.69) is 10.3 Å². The third-order valence-corrected chi connectivity index (χ3v) is 4.49. The molecule has 0 aromatic carbocycles. The molecule has 0 spiro atoms. The summed E-state index contributed by atoms with van der Waals surface area (Å²) < 4.78 is 22.7. The Hall–Kier alpha value is -1.70. The van der Waals surface area contributed by atoms with Gasteiger partial charge in [0.25, 0.3) is 0 Å². The number of anilines is 1. The standard InChI is InChI=1S/C12H17N3O4S/c1-9-5-10(15(16)17)11(13-6-9)14-7-12(3-4-12)8-20(2,18)19/h5-6H,3-4,7-8H2,1-2H3,(H,13,14). The number of nitrogens with zero attached hydrogens (tertiary/aromatic N) is 2. The molecular formula is C12H17N3O4S. The van der Waals surface area contributed by atoms with Gasteiger partial charge in [0, 0.05) is 30.5 Å². The average molecular weight is 299 g/mol. The topological polar surface area (TPSA) is 102 Å². The minimum Gasteiger partial charge on any atom is -0.364 e. The number of sulfone groups is 1. The van der Waals surface area contributed by atoms with E-state index in [0.717, 1.165) is 12.8 Å². The lowest BCUT2D eigenvalue weighted by Gasteiger charge is -2.15. The number of nitro groups is 1. The van der Waals surface area contributed by atoms with Gasteiger partial charge in [0.05, 0.1) is 10.7 Å². The van der Waals surface area contributed by atoms with Crippen LogP contribution in [-0.4, -0.2) is 36.9 Å². The van der Waals surface area contributed by atoms with E-state index < -0.39 is 14.8 Å². The summed E-state index contributed by atoms with van der Waals surface area (Å²) in [5, 5.41) is 13.9. The lowest BCUT2D eigenvalue weighted by atomic mass is 10.1. The highest BCUT2D eigenvalue weighted by atomic mass is 32.2. The van der Waals surface area contributed by atoms with E-state index in [1.165, 1.54) is 12.3 Å². The molecule has 0 atom stereocenters. The molecule has 0 radical (unpaired) electrons. The maximum Gasteiger partial charge on any atom is 0.311 e. The molecule has 1 aromatic rings. The fraction of sp³-hybridized carbons (Fsp3) is 0.583. The van der Waals surface area contributed by atoms with Gasteiger partial charge in [-0.1, -0.05) is 0 Å². The predicted octanol–water partition coefficient (Wildman–Crippen LogP) is 1.53. The van der Waals surface area contributed by atoms with E-state index in [-0.39, 0.29) is 22.7 Å². The summed E-state index contributed by atoms with van der Waals surface area (Å²) in [4.78, 5) is 14.5. The molecule has 110 valence electrons. The molecule has 7 nitrogen and oxygen atoms in total. The fourth-order valence-electron chi connectivity index (χ4n) is 2.21. The Morgan fingerprint density at radius 2 is 2.15 bits per heavy atom. The highest BCUT2D eigenvalue weighted by Crippen LogP contribution is 2.46. The number of hydrogen-bond donors (Lipinski definition) is 1. The summed E-state index contributed by atoms with van der Waals surface area (Å²) in [5.74, 6) is 0.299. The Morgan fingerprint density at radius 3 is 2.65 bits per heavy atom. The average Bonchev–Trinajstić information content (AvgIpc) is 3.05. The molecule has 0 unspecified atom stereocenters. The fourth-order valence-corrected chi connectivity index (χ4v) is 3.71. The molecule has 2 rings (SSSR count). The first-order valence-electron chi connectivity index (χ1n) is 6.23. The second-order valence-corrected chi connectivity index (χ2v) is 7.70. The molecular weight excluding hydrogens is 282 g/mol. The molecule has 1 heterocycles. The van der Waals surface area contributed by atoms with Crippen LogP contribution in [0.5, 0.6) is 0 Å². The minimum atomic E-state index is -3.05. The first kappa shape index (κ1) is 14.7. The maximum atomic E-state index is 11.4. The Bertz CT molecular complexity index is 638. The summed E-state index contributed by atoms with van der Waals surface area (Å²) >= 11 is 0. The molecule has 8 heteroatoms. The van der Waals surface area contributed by atoms with E-state index in [1.54, 1.807) is 13.1 Å². The van der Waals surface area contributed by atoms with Crippen LogP contribution in [0.1, 0.15) is 18.4 Å². The van der Waals surface area contributed by atoms with Crippen molar-refractivity contribution in [3.63, 3.8) is 0 Å². The SMILES string of the molecule is Cc1cnc(NCC2(CS(C)(=O)=O)CC2)c([N+](=O)[O-])c1. The number of pyridine rings is 1. The number of rotatable bonds is 6. The molecule has 1 aromatic heterocycles. The summed E-state index contributed by atoms with van der Waals surface area (Å²) in [6.07, 6.45) is 4.38. The lowest BCUT2D eigenvalue weighted by Crippen LogP contribution is -2.24. The van der Waals surface area contributed by atoms with E-state index in [0.29, 0.717) is 12.1 Å². The van der Waals surface area contributed by atoms with Crippen LogP contribution in [0.25, 0.3) is 0 Å². The minimum absolute atomic E-state index is 0.0832. The van der Waals surface area contributed by atoms with Crippen molar-refractivity contribution < 1.29 is 13.3 Å². The van der Waals surface area contributed by atoms with Crippen molar-refractivity contribution in [3.05, 3.63) is 27.9 Å². The van der Waals surface area contributed by atoms with Crippen LogP contribution in [0.15, 0.2) is 12.3 Å². The van der Waals surface area contributed by atoms with Crippen molar-refractivity contribution in [2.24, 2.45) is 5.41 Å². The largest absolute Gasteiger partial charge is 0.364 e. The van der Waals surface area contributed by atoms with Gasteiger partial charge in [-0.05, 0) is 25.3 Å². The van der Waals surface area contributed by atoms with Crippen molar-refractivity contribution in [2.45, 2.75) is 19.8 Å². The molecule has 1 fully saturated rings. The van der Waals surface area contributed by atoms with E-state index in [4.69, 9.17) is 0 Å². The molecule has 0 bridgehead atoms. The second-order valence-electron chi connectivity index (χ2n) is 5.56. The normalized spacial score (nSPS) is 16.7. The van der Waals surface area contributed by atoms with Gasteiger partial charge in [-0.3, -0.25) is 10.1 Å². The Kier molecular flexibility index (Phi) is 3.68. The molecule has 1 saturated carbocycles. The monoisotopic (exact) mass is 299 g/mol. The third kappa shape index (κ3) is 3.66. The third-order valence-electron chi connectivity index (χ3n) is 3.36. The van der Waals surface area contributed by atoms with Crippen molar-refractivity contribution in [1.29, 1.82) is 0 Å². The van der Waals surface area contributed by atoms with Gasteiger partial charge in [-0.25, -0.2) is 13.4 Å². The Morgan fingerprint density at radius 1 is 1.50 bits per heavy atom. The second kappa shape index (κ2) is 5.01. The van der Waals surface area contributed by atoms with Crippen LogP contribution in [-0.2, 0) is 9.84 Å². The predicted molar refractivity (Wildman–Crippen MR) is 75.5 cm³/mol. The van der Waals surface area contributed by atoms with Gasteiger partial charge < -0.3 is 5.32 Å². The highest BCUT2D eigenvalue weighted by molar-refractivity contribution is 7.90. The zero-order valence-electron chi connectivity index (χ0n) is 11.4. The van der Waals surface area contributed by atoms with Crippen molar-refractivity contribution in [1.82, 2.24) is 4.98 Å². The van der Waals surface area contributed by atoms with Crippen molar-refractivity contribution in [3.8, 4) is 0 Å². The summed E-state index contributed by atoms with van der Waals surface area (Å²) in [6, 6.07) is 1.45. The number of hydrogen-bond acceptors (Lipinski definition) is 6. The number of aryl methyl sites for hydroxylation is 1. The molecule has 0 amide bonds. The molecule has 1 aliphatic carbocycles. The number of nitrogens with one attached hydrogen (secondary N) is 1. The number of aromatic nitrogens is 1. The first-order chi connectivity index (χ1) is 9.21. The summed E-state index contributed by atoms with van der Waals surface area (Å²) in [6.45, 7) is 2.12. The van der Waals surface area contributed by atoms with Crippen LogP contribution in [0.3, 0.4) is 0 Å². The van der Waals surface area contributed by atoms with Gasteiger partial charge in [0.1, 0.15) is 9.84 Å². The Labute approximate surface area is 117 Å². The molecule has 20 heavy (non-hydrogen) atoms. The molecule has 1 N–H and O–H groups in total. The summed E-state index contributed by atoms with van der Waals surface area (Å²) in [5.41, 5.74) is 0.327. The quantitative estimate of drug-likeness (QED) is 0.631. The zero-order valence-corrected chi connectivity index (χ0v) is 12.2. The lowest BCUT2D eigenvalue weighted by molar-refractivity contribution is -0.384. The van der Waals surface area contributed by atoms with Crippen LogP contribution >= 0.6 is 0 Å². The zero-order chi connectivity index (χ0) is 15.0. The molecule has 1 aliphatic rings. The van der Waals surface area contributed by atoms with Gasteiger partial charge in [0.2, 0.25) is 5.82 Å². The van der Waals surface area contributed by atoms with Gasteiger partial charge in [0.15, 0.2) is 0 Å². The maximum absolute atomic E-state index is 11.4. The Balaban J connectivity index is 2.10. The van der Waals surface area contributed by atoms with Crippen LogP contribution in [0.2, 0.25) is 0 Å². The van der Waals surface area contributed by atoms with E-state index in [9.17, 15) is 18.5 Å². The highest BCUT2D eigenvalue weighted by Gasteiger charge is 2.45. The molecule has 0 saturated heterocycles. The van der Waals surface area contributed by atoms with E-state index >= 15 is 0 Å². The van der Waals surface area contributed by atoms with Crippen LogP contribution in [0.4, 0.5) is 11.5 Å². The first-order valence-corrected chi connectivity index (χ1v) is 8.30. The van der Waals surface area contributed by atoms with Crippen LogP contribution in [0, 0.1) is 22.5 Å².